The quantitative estimate of drug-likeness (QED) is 0.297. The summed E-state index contributed by atoms with van der Waals surface area (Å²) >= 11 is 6.46. The predicted octanol–water partition coefficient (Wildman–Crippen LogP) is 6.53. The van der Waals surface area contributed by atoms with E-state index in [0.29, 0.717) is 45.6 Å². The molecule has 0 atom stereocenters. The minimum absolute atomic E-state index is 0.0109. The molecule has 0 N–H and O–H groups in total. The zero-order valence-corrected chi connectivity index (χ0v) is 17.9. The third-order valence-electron chi connectivity index (χ3n) is 4.49. The van der Waals surface area contributed by atoms with Crippen LogP contribution in [0, 0.1) is 17.1 Å². The Morgan fingerprint density at radius 3 is 2.48 bits per heavy atom. The Hall–Kier alpha value is -3.49. The molecule has 0 aliphatic rings. The molecule has 4 nitrogen and oxygen atoms in total. The van der Waals surface area contributed by atoms with Crippen molar-refractivity contribution in [2.24, 2.45) is 0 Å². The monoisotopic (exact) mass is 437 g/mol. The van der Waals surface area contributed by atoms with E-state index in [4.69, 9.17) is 25.8 Å². The lowest BCUT2D eigenvalue weighted by atomic mass is 10.0. The van der Waals surface area contributed by atoms with Crippen LogP contribution in [0.3, 0.4) is 0 Å². The summed E-state index contributed by atoms with van der Waals surface area (Å²) in [6.07, 6.45) is 1.72. The van der Waals surface area contributed by atoms with Crippen LogP contribution < -0.4 is 14.2 Å². The Labute approximate surface area is 186 Å². The van der Waals surface area contributed by atoms with E-state index in [1.54, 1.807) is 55.7 Å². The van der Waals surface area contributed by atoms with Crippen LogP contribution in [0.1, 0.15) is 23.6 Å². The molecule has 0 heterocycles. The number of nitriles is 1. The molecule has 0 aliphatic heterocycles. The van der Waals surface area contributed by atoms with Crippen LogP contribution in [-0.4, -0.2) is 13.7 Å². The Morgan fingerprint density at radius 1 is 1.10 bits per heavy atom. The van der Waals surface area contributed by atoms with Gasteiger partial charge in [0.2, 0.25) is 0 Å². The molecule has 0 unspecified atom stereocenters. The average Bonchev–Trinajstić information content (AvgIpc) is 2.78. The lowest BCUT2D eigenvalue weighted by Gasteiger charge is -2.15. The van der Waals surface area contributed by atoms with E-state index in [2.05, 4.69) is 6.07 Å². The normalized spacial score (nSPS) is 11.0. The summed E-state index contributed by atoms with van der Waals surface area (Å²) in [5, 5.41) is 9.93. The second kappa shape index (κ2) is 10.5. The van der Waals surface area contributed by atoms with Crippen LogP contribution in [0.5, 0.6) is 17.2 Å². The van der Waals surface area contributed by atoms with E-state index in [9.17, 15) is 9.65 Å². The fourth-order valence-electron chi connectivity index (χ4n) is 2.96. The summed E-state index contributed by atoms with van der Waals surface area (Å²) in [6, 6.07) is 19.2. The van der Waals surface area contributed by atoms with Gasteiger partial charge in [-0.15, -0.1) is 0 Å². The minimum atomic E-state index is -0.353. The maximum atomic E-state index is 13.9. The number of halogens is 2. The molecule has 158 valence electrons. The highest BCUT2D eigenvalue weighted by atomic mass is 35.5. The Bertz CT molecular complexity index is 1120. The smallest absolute Gasteiger partial charge is 0.180 e. The van der Waals surface area contributed by atoms with Gasteiger partial charge in [-0.1, -0.05) is 29.8 Å². The first kappa shape index (κ1) is 22.2. The second-order valence-electron chi connectivity index (χ2n) is 6.54. The van der Waals surface area contributed by atoms with Gasteiger partial charge in [-0.2, -0.15) is 5.26 Å². The Kier molecular flexibility index (Phi) is 7.53. The van der Waals surface area contributed by atoms with Gasteiger partial charge in [0.1, 0.15) is 18.2 Å². The van der Waals surface area contributed by atoms with Crippen LogP contribution in [0.15, 0.2) is 60.7 Å². The maximum Gasteiger partial charge on any atom is 0.180 e. The highest BCUT2D eigenvalue weighted by molar-refractivity contribution is 6.32. The van der Waals surface area contributed by atoms with E-state index in [0.717, 1.165) is 5.56 Å². The summed E-state index contributed by atoms with van der Waals surface area (Å²) in [5.74, 6) is 1.10. The second-order valence-corrected chi connectivity index (χ2v) is 6.95. The first-order valence-corrected chi connectivity index (χ1v) is 10.0. The van der Waals surface area contributed by atoms with Crippen molar-refractivity contribution < 1.29 is 18.6 Å². The third kappa shape index (κ3) is 5.56. The molecule has 31 heavy (non-hydrogen) atoms. The fraction of sp³-hybridized carbons (Fsp3) is 0.160. The van der Waals surface area contributed by atoms with Gasteiger partial charge in [0.15, 0.2) is 11.5 Å². The zero-order chi connectivity index (χ0) is 22.2. The summed E-state index contributed by atoms with van der Waals surface area (Å²) in [6.45, 7) is 2.25. The number of hydrogen-bond donors (Lipinski definition) is 0. The molecule has 0 radical (unpaired) electrons. The average molecular weight is 438 g/mol. The number of benzene rings is 3. The fourth-order valence-corrected chi connectivity index (χ4v) is 3.23. The summed E-state index contributed by atoms with van der Waals surface area (Å²) < 4.78 is 30.6. The van der Waals surface area contributed by atoms with Crippen molar-refractivity contribution in [1.82, 2.24) is 0 Å². The van der Waals surface area contributed by atoms with Crippen molar-refractivity contribution in [1.29, 1.82) is 5.26 Å². The molecular weight excluding hydrogens is 417 g/mol. The van der Waals surface area contributed by atoms with Crippen LogP contribution in [0.25, 0.3) is 11.6 Å². The Morgan fingerprint density at radius 2 is 1.84 bits per heavy atom. The number of nitrogens with zero attached hydrogens (tertiary/aromatic N) is 1. The molecule has 6 heteroatoms. The van der Waals surface area contributed by atoms with Gasteiger partial charge < -0.3 is 14.2 Å². The first-order chi connectivity index (χ1) is 15.0. The molecule has 3 aromatic rings. The maximum absolute atomic E-state index is 13.9. The topological polar surface area (TPSA) is 51.5 Å². The van der Waals surface area contributed by atoms with E-state index in [-0.39, 0.29) is 12.4 Å². The van der Waals surface area contributed by atoms with Crippen molar-refractivity contribution in [2.75, 3.05) is 13.7 Å². The molecule has 0 aliphatic carbocycles. The lowest BCUT2D eigenvalue weighted by molar-refractivity contribution is 0.266. The molecule has 3 rings (SSSR count). The van der Waals surface area contributed by atoms with Gasteiger partial charge in [0, 0.05) is 5.56 Å². The van der Waals surface area contributed by atoms with Crippen LogP contribution in [0.2, 0.25) is 5.02 Å². The molecule has 0 bridgehead atoms. The van der Waals surface area contributed by atoms with Crippen molar-refractivity contribution >= 4 is 23.3 Å². The minimum Gasteiger partial charge on any atom is -0.497 e. The van der Waals surface area contributed by atoms with Gasteiger partial charge in [-0.25, -0.2) is 4.39 Å². The van der Waals surface area contributed by atoms with E-state index < -0.39 is 0 Å². The lowest BCUT2D eigenvalue weighted by Crippen LogP contribution is -2.02. The molecule has 0 saturated heterocycles. The number of ether oxygens (including phenoxy) is 3. The summed E-state index contributed by atoms with van der Waals surface area (Å²) in [5.41, 5.74) is 2.30. The number of allylic oxidation sites excluding steroid dienone is 1. The first-order valence-electron chi connectivity index (χ1n) is 9.64. The zero-order valence-electron chi connectivity index (χ0n) is 17.2. The van der Waals surface area contributed by atoms with E-state index in [1.165, 1.54) is 6.07 Å². The highest BCUT2D eigenvalue weighted by Crippen LogP contribution is 2.38. The van der Waals surface area contributed by atoms with E-state index >= 15 is 0 Å². The molecule has 0 saturated carbocycles. The van der Waals surface area contributed by atoms with Gasteiger partial charge in [-0.05, 0) is 66.6 Å². The van der Waals surface area contributed by atoms with Gasteiger partial charge in [0.05, 0.1) is 30.4 Å². The van der Waals surface area contributed by atoms with Crippen molar-refractivity contribution in [3.8, 4) is 23.3 Å². The van der Waals surface area contributed by atoms with Crippen molar-refractivity contribution in [2.45, 2.75) is 13.5 Å². The highest BCUT2D eigenvalue weighted by Gasteiger charge is 2.14. The SMILES string of the molecule is CCOc1cc(/C=C(\C#N)c2ccc(OC)cc2)cc(Cl)c1OCc1ccccc1F. The molecule has 0 spiro atoms. The number of rotatable bonds is 8. The van der Waals surface area contributed by atoms with Gasteiger partial charge in [-0.3, -0.25) is 0 Å². The molecule has 0 fully saturated rings. The van der Waals surface area contributed by atoms with Crippen LogP contribution in [-0.2, 0) is 6.61 Å². The van der Waals surface area contributed by atoms with Gasteiger partial charge in [0.25, 0.3) is 0 Å². The summed E-state index contributed by atoms with van der Waals surface area (Å²) in [7, 11) is 1.59. The molecule has 0 amide bonds. The van der Waals surface area contributed by atoms with Crippen LogP contribution in [0.4, 0.5) is 4.39 Å². The number of hydrogen-bond acceptors (Lipinski definition) is 4. The molecule has 3 aromatic carbocycles. The van der Waals surface area contributed by atoms with E-state index in [1.807, 2.05) is 19.1 Å². The largest absolute Gasteiger partial charge is 0.497 e. The van der Waals surface area contributed by atoms with Crippen molar-refractivity contribution in [3.63, 3.8) is 0 Å². The number of methoxy groups -OCH3 is 1. The standard InChI is InChI=1S/C25H21ClFNO3/c1-3-30-24-14-17(12-20(15-28)18-8-10-21(29-2)11-9-18)13-22(26)25(24)31-16-19-6-4-5-7-23(19)27/h4-14H,3,16H2,1-2H3/b20-12+. The van der Waals surface area contributed by atoms with Crippen molar-refractivity contribution in [3.05, 3.63) is 88.2 Å². The molecular formula is C25H21ClFNO3. The third-order valence-corrected chi connectivity index (χ3v) is 4.77. The van der Waals surface area contributed by atoms with Crippen LogP contribution >= 0.6 is 11.6 Å². The van der Waals surface area contributed by atoms with Gasteiger partial charge >= 0.3 is 0 Å². The Balaban J connectivity index is 1.92. The predicted molar refractivity (Wildman–Crippen MR) is 120 cm³/mol. The summed E-state index contributed by atoms with van der Waals surface area (Å²) in [4.78, 5) is 0. The molecule has 0 aromatic heterocycles.